The van der Waals surface area contributed by atoms with Crippen LogP contribution in [0.15, 0.2) is 71.9 Å². The predicted molar refractivity (Wildman–Crippen MR) is 154 cm³/mol. The van der Waals surface area contributed by atoms with Crippen molar-refractivity contribution in [3.63, 3.8) is 0 Å². The summed E-state index contributed by atoms with van der Waals surface area (Å²) < 4.78 is 2.79. The third-order valence-electron chi connectivity index (χ3n) is 6.08. The Morgan fingerprint density at radius 3 is 2.48 bits per heavy atom. The molecule has 4 aromatic heterocycles. The molecule has 1 amide bonds. The Labute approximate surface area is 246 Å². The van der Waals surface area contributed by atoms with Gasteiger partial charge in [0.2, 0.25) is 5.91 Å². The van der Waals surface area contributed by atoms with Gasteiger partial charge in [-0.05, 0) is 36.4 Å². The van der Waals surface area contributed by atoms with E-state index in [4.69, 9.17) is 17.3 Å². The van der Waals surface area contributed by atoms with Gasteiger partial charge in [0, 0.05) is 46.2 Å². The van der Waals surface area contributed by atoms with Crippen LogP contribution in [0.1, 0.15) is 42.5 Å². The van der Waals surface area contributed by atoms with Crippen LogP contribution in [0.25, 0.3) is 11.3 Å². The number of hydrogen-bond donors (Lipinski definition) is 2. The maximum absolute atomic E-state index is 13.7. The highest BCUT2D eigenvalue weighted by atomic mass is 35.5. The summed E-state index contributed by atoms with van der Waals surface area (Å²) in [5.74, 6) is -1.02. The van der Waals surface area contributed by atoms with Gasteiger partial charge in [0.25, 0.3) is 11.5 Å². The molecule has 4 heterocycles. The maximum atomic E-state index is 13.7. The van der Waals surface area contributed by atoms with Gasteiger partial charge in [0.05, 0.1) is 23.0 Å². The molecular formula is C28H18ClN9O3S. The summed E-state index contributed by atoms with van der Waals surface area (Å²) in [5, 5.41) is 27.7. The molecule has 14 heteroatoms. The monoisotopic (exact) mass is 595 g/mol. The maximum Gasteiger partial charge on any atom is 0.280 e. The highest BCUT2D eigenvalue weighted by Gasteiger charge is 2.26. The average Bonchev–Trinajstić information content (AvgIpc) is 3.59. The Morgan fingerprint density at radius 2 is 1.81 bits per heavy atom. The zero-order valence-electron chi connectivity index (χ0n) is 21.5. The lowest BCUT2D eigenvalue weighted by molar-refractivity contribution is 0.0948. The Morgan fingerprint density at radius 1 is 1.05 bits per heavy atom. The van der Waals surface area contributed by atoms with Crippen molar-refractivity contribution >= 4 is 40.6 Å². The molecule has 0 saturated carbocycles. The Balaban J connectivity index is 1.64. The van der Waals surface area contributed by atoms with Gasteiger partial charge in [-0.25, -0.2) is 9.97 Å². The average molecular weight is 596 g/mol. The quantitative estimate of drug-likeness (QED) is 0.271. The van der Waals surface area contributed by atoms with E-state index in [9.17, 15) is 24.9 Å². The molecule has 5 aromatic rings. The van der Waals surface area contributed by atoms with Gasteiger partial charge in [-0.1, -0.05) is 17.7 Å². The minimum Gasteiger partial charge on any atom is -0.366 e. The van der Waals surface area contributed by atoms with E-state index in [0.717, 1.165) is 9.56 Å². The largest absolute Gasteiger partial charge is 0.366 e. The van der Waals surface area contributed by atoms with Crippen molar-refractivity contribution in [2.75, 3.05) is 5.32 Å². The van der Waals surface area contributed by atoms with Gasteiger partial charge >= 0.3 is 0 Å². The van der Waals surface area contributed by atoms with Gasteiger partial charge in [-0.3, -0.25) is 14.4 Å². The van der Waals surface area contributed by atoms with E-state index < -0.39 is 17.4 Å². The SMILES string of the molecule is N#Cc1cn(Cc2ncccn2)c(=O)cc1-c1nn(C(=O)c2cccc(C(N)=O)c2)c(NCc2ccc(Cl)s2)c1C#N. The van der Waals surface area contributed by atoms with E-state index in [2.05, 4.69) is 26.5 Å². The van der Waals surface area contributed by atoms with E-state index in [1.165, 1.54) is 64.8 Å². The van der Waals surface area contributed by atoms with Crippen molar-refractivity contribution in [2.45, 2.75) is 13.1 Å². The summed E-state index contributed by atoms with van der Waals surface area (Å²) in [4.78, 5) is 47.5. The predicted octanol–water partition coefficient (Wildman–Crippen LogP) is 3.41. The fourth-order valence-corrected chi connectivity index (χ4v) is 5.14. The molecule has 12 nitrogen and oxygen atoms in total. The van der Waals surface area contributed by atoms with Crippen molar-refractivity contribution in [3.8, 4) is 23.4 Å². The number of thiophene rings is 1. The number of pyridine rings is 1. The van der Waals surface area contributed by atoms with Gasteiger partial charge in [0.1, 0.15) is 29.2 Å². The molecule has 206 valence electrons. The van der Waals surface area contributed by atoms with Crippen LogP contribution >= 0.6 is 22.9 Å². The second kappa shape index (κ2) is 11.9. The second-order valence-corrected chi connectivity index (χ2v) is 10.5. The summed E-state index contributed by atoms with van der Waals surface area (Å²) in [6.07, 6.45) is 4.40. The fraction of sp³-hybridized carbons (Fsp3) is 0.0714. The number of nitrogens with two attached hydrogens (primary N) is 1. The molecule has 5 rings (SSSR count). The van der Waals surface area contributed by atoms with Crippen molar-refractivity contribution in [2.24, 2.45) is 5.73 Å². The number of hydrogen-bond acceptors (Lipinski definition) is 10. The first-order valence-corrected chi connectivity index (χ1v) is 13.3. The Bertz CT molecular complexity index is 1980. The molecule has 0 aliphatic heterocycles. The lowest BCUT2D eigenvalue weighted by Crippen LogP contribution is -2.21. The van der Waals surface area contributed by atoms with E-state index in [0.29, 0.717) is 10.2 Å². The van der Waals surface area contributed by atoms with Gasteiger partial charge in [0.15, 0.2) is 5.82 Å². The number of carbonyl (C=O) groups excluding carboxylic acids is 2. The third kappa shape index (κ3) is 5.64. The molecule has 42 heavy (non-hydrogen) atoms. The van der Waals surface area contributed by atoms with Crippen LogP contribution in [0.5, 0.6) is 0 Å². The highest BCUT2D eigenvalue weighted by molar-refractivity contribution is 7.16. The van der Waals surface area contributed by atoms with Crippen LogP contribution in [0.3, 0.4) is 0 Å². The normalized spacial score (nSPS) is 10.5. The molecule has 0 atom stereocenters. The number of nitrogens with one attached hydrogen (secondary N) is 1. The summed E-state index contributed by atoms with van der Waals surface area (Å²) in [6, 6.07) is 16.1. The summed E-state index contributed by atoms with van der Waals surface area (Å²) in [5.41, 5.74) is 5.03. The van der Waals surface area contributed by atoms with Crippen LogP contribution in [-0.4, -0.2) is 36.1 Å². The Kier molecular flexibility index (Phi) is 7.88. The number of aromatic nitrogens is 5. The number of halogens is 1. The van der Waals surface area contributed by atoms with Crippen LogP contribution in [0.2, 0.25) is 4.34 Å². The topological polar surface area (TPSA) is 185 Å². The van der Waals surface area contributed by atoms with Crippen LogP contribution in [0.4, 0.5) is 5.82 Å². The summed E-state index contributed by atoms with van der Waals surface area (Å²) in [7, 11) is 0. The molecule has 0 saturated heterocycles. The molecule has 0 aliphatic rings. The van der Waals surface area contributed by atoms with E-state index >= 15 is 0 Å². The van der Waals surface area contributed by atoms with Crippen molar-refractivity contribution in [1.82, 2.24) is 24.3 Å². The van der Waals surface area contributed by atoms with Gasteiger partial charge in [-0.15, -0.1) is 11.3 Å². The van der Waals surface area contributed by atoms with Crippen molar-refractivity contribution in [1.29, 1.82) is 10.5 Å². The first kappa shape index (κ1) is 27.9. The second-order valence-electron chi connectivity index (χ2n) is 8.75. The third-order valence-corrected chi connectivity index (χ3v) is 7.31. The van der Waals surface area contributed by atoms with Crippen molar-refractivity contribution < 1.29 is 9.59 Å². The molecule has 0 aliphatic carbocycles. The molecule has 0 unspecified atom stereocenters. The first-order valence-electron chi connectivity index (χ1n) is 12.2. The molecule has 0 fully saturated rings. The zero-order valence-corrected chi connectivity index (χ0v) is 23.1. The zero-order chi connectivity index (χ0) is 29.8. The van der Waals surface area contributed by atoms with Crippen LogP contribution in [-0.2, 0) is 13.1 Å². The molecule has 1 aromatic carbocycles. The number of nitrogens with zero attached hydrogens (tertiary/aromatic N) is 7. The number of amides is 1. The fourth-order valence-electron chi connectivity index (χ4n) is 4.11. The van der Waals surface area contributed by atoms with E-state index in [-0.39, 0.29) is 52.4 Å². The molecule has 0 radical (unpaired) electrons. The summed E-state index contributed by atoms with van der Waals surface area (Å²) in [6.45, 7) is 0.203. The van der Waals surface area contributed by atoms with E-state index in [1.807, 2.05) is 6.07 Å². The molecule has 0 spiro atoms. The smallest absolute Gasteiger partial charge is 0.280 e. The van der Waals surface area contributed by atoms with Crippen LogP contribution < -0.4 is 16.6 Å². The number of benzene rings is 1. The van der Waals surface area contributed by atoms with Gasteiger partial charge in [-0.2, -0.15) is 20.3 Å². The lowest BCUT2D eigenvalue weighted by Gasteiger charge is -2.09. The molecule has 0 bridgehead atoms. The Hall–Kier alpha value is -5.63. The molecule has 3 N–H and O–H groups in total. The standard InChI is InChI=1S/C28H18ClN9O3S/c29-22-6-5-19(42-22)13-35-27-21(12-31)25(36-38(27)28(41)17-4-1-3-16(9-17)26(32)40)20-10-24(39)37(14-18(20)11-30)15-23-33-7-2-8-34-23/h1-10,14,35H,13,15H2,(H2,32,40). The number of nitriles is 2. The van der Waals surface area contributed by atoms with Crippen LogP contribution in [0, 0.1) is 22.7 Å². The summed E-state index contributed by atoms with van der Waals surface area (Å²) >= 11 is 7.36. The van der Waals surface area contributed by atoms with Crippen molar-refractivity contribution in [3.05, 3.63) is 115 Å². The van der Waals surface area contributed by atoms with E-state index in [1.54, 1.807) is 18.2 Å². The number of rotatable bonds is 8. The minimum atomic E-state index is -0.725. The molecular weight excluding hydrogens is 578 g/mol. The highest BCUT2D eigenvalue weighted by Crippen LogP contribution is 2.32. The minimum absolute atomic E-state index is 0.0129. The lowest BCUT2D eigenvalue weighted by atomic mass is 10.0. The first-order chi connectivity index (χ1) is 20.3. The van der Waals surface area contributed by atoms with Gasteiger partial charge < -0.3 is 15.6 Å². The number of primary amides is 1. The number of carbonyl (C=O) groups is 2. The number of anilines is 1.